The van der Waals surface area contributed by atoms with Gasteiger partial charge in [0.05, 0.1) is 24.4 Å². The first-order valence-corrected chi connectivity index (χ1v) is 13.4. The Morgan fingerprint density at radius 2 is 1.95 bits per heavy atom. The Bertz CT molecular complexity index is 1760. The SMILES string of the molecule is CC[C@]1(c2ccccc2)Oc2cccnc2-n2cccc2C1=O.Cc1cn([C@H]2C[C@H](N=[N+]=[N-])[C@@H](CO)O2)c(=O)[nH]c1=O. The van der Waals surface area contributed by atoms with Gasteiger partial charge in [0.25, 0.3) is 5.56 Å². The van der Waals surface area contributed by atoms with E-state index < -0.39 is 35.2 Å². The lowest BCUT2D eigenvalue weighted by molar-refractivity contribution is -0.0271. The van der Waals surface area contributed by atoms with Gasteiger partial charge in [-0.2, -0.15) is 0 Å². The molecule has 0 bridgehead atoms. The number of H-pyrrole nitrogens is 1. The minimum Gasteiger partial charge on any atom is -0.470 e. The zero-order chi connectivity index (χ0) is 29.9. The van der Waals surface area contributed by atoms with E-state index in [0.29, 0.717) is 29.2 Å². The number of aliphatic hydroxyl groups excluding tert-OH is 1. The van der Waals surface area contributed by atoms with Gasteiger partial charge in [0, 0.05) is 41.0 Å². The molecular formula is C29H29N7O6. The van der Waals surface area contributed by atoms with E-state index in [-0.39, 0.29) is 18.8 Å². The highest BCUT2D eigenvalue weighted by molar-refractivity contribution is 6.03. The van der Waals surface area contributed by atoms with Crippen molar-refractivity contribution in [3.63, 3.8) is 0 Å². The van der Waals surface area contributed by atoms with Crippen LogP contribution in [0.1, 0.15) is 47.6 Å². The molecule has 0 aliphatic carbocycles. The fourth-order valence-corrected chi connectivity index (χ4v) is 5.21. The highest BCUT2D eigenvalue weighted by Gasteiger charge is 2.45. The number of carbonyl (C=O) groups excluding carboxylic acids is 1. The van der Waals surface area contributed by atoms with Crippen molar-refractivity contribution in [2.24, 2.45) is 5.11 Å². The number of ether oxygens (including phenoxy) is 2. The van der Waals surface area contributed by atoms with Crippen LogP contribution < -0.4 is 16.0 Å². The van der Waals surface area contributed by atoms with E-state index in [4.69, 9.17) is 20.1 Å². The van der Waals surface area contributed by atoms with Gasteiger partial charge in [-0.25, -0.2) is 9.78 Å². The summed E-state index contributed by atoms with van der Waals surface area (Å²) >= 11 is 0. The second-order valence-electron chi connectivity index (χ2n) is 9.86. The first-order valence-electron chi connectivity index (χ1n) is 13.4. The summed E-state index contributed by atoms with van der Waals surface area (Å²) in [6, 6.07) is 16.5. The van der Waals surface area contributed by atoms with Gasteiger partial charge in [-0.1, -0.05) is 42.4 Å². The average Bonchev–Trinajstić information content (AvgIpc) is 3.64. The van der Waals surface area contributed by atoms with Gasteiger partial charge in [0.1, 0.15) is 6.23 Å². The molecular weight excluding hydrogens is 542 g/mol. The second-order valence-corrected chi connectivity index (χ2v) is 9.86. The van der Waals surface area contributed by atoms with Crippen LogP contribution in [0.15, 0.2) is 87.9 Å². The quantitative estimate of drug-likeness (QED) is 0.209. The molecule has 1 aromatic carbocycles. The number of aromatic nitrogens is 4. The van der Waals surface area contributed by atoms with Crippen LogP contribution in [0, 0.1) is 6.92 Å². The Balaban J connectivity index is 0.000000172. The summed E-state index contributed by atoms with van der Waals surface area (Å²) in [4.78, 5) is 45.6. The Kier molecular flexibility index (Phi) is 8.07. The number of Topliss-reactive ketones (excluding diaryl/α,β-unsaturated/α-hetero) is 1. The molecule has 42 heavy (non-hydrogen) atoms. The molecule has 5 heterocycles. The van der Waals surface area contributed by atoms with Crippen molar-refractivity contribution in [2.75, 3.05) is 6.61 Å². The second kappa shape index (κ2) is 11.9. The Morgan fingerprint density at radius 3 is 2.67 bits per heavy atom. The van der Waals surface area contributed by atoms with Crippen LogP contribution in [0.2, 0.25) is 0 Å². The summed E-state index contributed by atoms with van der Waals surface area (Å²) in [6.07, 6.45) is 4.42. The Labute approximate surface area is 239 Å². The first-order chi connectivity index (χ1) is 20.3. The smallest absolute Gasteiger partial charge is 0.330 e. The summed E-state index contributed by atoms with van der Waals surface area (Å²) in [5.74, 6) is 1.21. The number of carbonyl (C=O) groups is 1. The summed E-state index contributed by atoms with van der Waals surface area (Å²) in [5, 5.41) is 12.7. The topological polar surface area (TPSA) is 177 Å². The van der Waals surface area contributed by atoms with Crippen LogP contribution in [0.4, 0.5) is 0 Å². The van der Waals surface area contributed by atoms with Gasteiger partial charge in [0.2, 0.25) is 5.78 Å². The Hall–Kier alpha value is -4.97. The van der Waals surface area contributed by atoms with Crippen molar-refractivity contribution in [1.82, 2.24) is 19.1 Å². The summed E-state index contributed by atoms with van der Waals surface area (Å²) in [7, 11) is 0. The molecule has 0 saturated carbocycles. The third-order valence-electron chi connectivity index (χ3n) is 7.39. The minimum atomic E-state index is -1.04. The third kappa shape index (κ3) is 5.12. The molecule has 0 unspecified atom stereocenters. The van der Waals surface area contributed by atoms with Crippen LogP contribution in [0.5, 0.6) is 5.75 Å². The number of aliphatic hydroxyl groups is 1. The normalized spacial score (nSPS) is 22.5. The first kappa shape index (κ1) is 28.6. The molecule has 6 rings (SSSR count). The molecule has 2 aliphatic heterocycles. The maximum atomic E-state index is 13.3. The highest BCUT2D eigenvalue weighted by atomic mass is 16.5. The van der Waals surface area contributed by atoms with Gasteiger partial charge in [0.15, 0.2) is 17.2 Å². The summed E-state index contributed by atoms with van der Waals surface area (Å²) < 4.78 is 14.8. The molecule has 216 valence electrons. The molecule has 13 nitrogen and oxygen atoms in total. The predicted molar refractivity (Wildman–Crippen MR) is 152 cm³/mol. The number of aryl methyl sites for hydroxylation is 1. The molecule has 4 aromatic rings. The van der Waals surface area contributed by atoms with E-state index in [2.05, 4.69) is 20.0 Å². The number of ketones is 1. The maximum absolute atomic E-state index is 13.3. The lowest BCUT2D eigenvalue weighted by atomic mass is 9.85. The van der Waals surface area contributed by atoms with Crippen LogP contribution in [-0.2, 0) is 10.3 Å². The van der Waals surface area contributed by atoms with E-state index in [9.17, 15) is 14.4 Å². The van der Waals surface area contributed by atoms with E-state index in [1.54, 1.807) is 17.7 Å². The number of hydrogen-bond donors (Lipinski definition) is 2. The highest BCUT2D eigenvalue weighted by Crippen LogP contribution is 2.40. The molecule has 2 N–H and O–H groups in total. The standard InChI is InChI=1S/C19H16N2O2.C10H13N5O4/c1-2-19(14-8-4-3-5-9-14)17(22)15-10-7-13-21(15)18-16(23-19)11-6-12-20-18;1-5-3-15(10(18)12-9(5)17)8-2-6(13-14-11)7(4-16)19-8/h3-13H,2H2,1H3;3,6-8,16H,2,4H2,1H3,(H,12,17,18)/t19-;6-,7+,8+/m10/s1. The van der Waals surface area contributed by atoms with Gasteiger partial charge in [-0.15, -0.1) is 0 Å². The van der Waals surface area contributed by atoms with E-state index in [1.165, 1.54) is 10.8 Å². The largest absolute Gasteiger partial charge is 0.470 e. The molecule has 4 atom stereocenters. The van der Waals surface area contributed by atoms with Crippen LogP contribution in [0.3, 0.4) is 0 Å². The number of aromatic amines is 1. The van der Waals surface area contributed by atoms with Crippen molar-refractivity contribution in [3.8, 4) is 11.6 Å². The van der Waals surface area contributed by atoms with Gasteiger partial charge in [-0.3, -0.25) is 23.7 Å². The lowest BCUT2D eigenvalue weighted by Gasteiger charge is -2.31. The monoisotopic (exact) mass is 571 g/mol. The zero-order valence-electron chi connectivity index (χ0n) is 23.0. The van der Waals surface area contributed by atoms with E-state index in [0.717, 1.165) is 5.56 Å². The number of hydrogen-bond acceptors (Lipinski definition) is 8. The molecule has 2 aliphatic rings. The molecule has 13 heteroatoms. The number of nitrogens with zero attached hydrogens (tertiary/aromatic N) is 6. The molecule has 1 saturated heterocycles. The van der Waals surface area contributed by atoms with Crippen molar-refractivity contribution in [2.45, 2.75) is 50.7 Å². The number of fused-ring (bicyclic) bond motifs is 3. The molecule has 3 aromatic heterocycles. The third-order valence-corrected chi connectivity index (χ3v) is 7.39. The van der Waals surface area contributed by atoms with Crippen LogP contribution in [0.25, 0.3) is 16.3 Å². The predicted octanol–water partition coefficient (Wildman–Crippen LogP) is 3.56. The van der Waals surface area contributed by atoms with Crippen molar-refractivity contribution in [1.29, 1.82) is 0 Å². The number of azide groups is 1. The van der Waals surface area contributed by atoms with Crippen molar-refractivity contribution >= 4 is 5.78 Å². The summed E-state index contributed by atoms with van der Waals surface area (Å²) in [6.45, 7) is 3.23. The van der Waals surface area contributed by atoms with Gasteiger partial charge >= 0.3 is 5.69 Å². The van der Waals surface area contributed by atoms with Crippen LogP contribution in [-0.4, -0.2) is 48.7 Å². The number of rotatable bonds is 5. The van der Waals surface area contributed by atoms with Crippen molar-refractivity contribution < 1.29 is 19.4 Å². The molecule has 0 amide bonds. The lowest BCUT2D eigenvalue weighted by Crippen LogP contribution is -2.41. The Morgan fingerprint density at radius 1 is 1.17 bits per heavy atom. The number of nitrogens with one attached hydrogen (secondary N) is 1. The zero-order valence-corrected chi connectivity index (χ0v) is 23.0. The van der Waals surface area contributed by atoms with E-state index in [1.807, 2.05) is 67.7 Å². The minimum absolute atomic E-state index is 0.0470. The molecule has 0 spiro atoms. The van der Waals surface area contributed by atoms with Gasteiger partial charge in [-0.05, 0) is 43.1 Å². The number of benzene rings is 1. The fourth-order valence-electron chi connectivity index (χ4n) is 5.21. The number of pyridine rings is 1. The fraction of sp³-hybridized carbons (Fsp3) is 0.310. The maximum Gasteiger partial charge on any atom is 0.330 e. The van der Waals surface area contributed by atoms with Crippen LogP contribution >= 0.6 is 0 Å². The average molecular weight is 572 g/mol. The van der Waals surface area contributed by atoms with E-state index >= 15 is 0 Å². The molecule has 0 radical (unpaired) electrons. The van der Waals surface area contributed by atoms with Crippen molar-refractivity contribution in [3.05, 3.63) is 121 Å². The van der Waals surface area contributed by atoms with Gasteiger partial charge < -0.3 is 14.6 Å². The molecule has 1 fully saturated rings. The summed E-state index contributed by atoms with van der Waals surface area (Å²) in [5.41, 5.74) is 8.17.